The zero-order chi connectivity index (χ0) is 13.4. The SMILES string of the molecule is CCC(C)OCCC(CO)(NC)c1ccccc1. The van der Waals surface area contributed by atoms with E-state index in [1.165, 1.54) is 0 Å². The van der Waals surface area contributed by atoms with Crippen molar-refractivity contribution < 1.29 is 9.84 Å². The lowest BCUT2D eigenvalue weighted by Crippen LogP contribution is -2.44. The second-order valence-electron chi connectivity index (χ2n) is 4.70. The van der Waals surface area contributed by atoms with Crippen molar-refractivity contribution in [1.82, 2.24) is 5.32 Å². The molecular formula is C15H25NO2. The van der Waals surface area contributed by atoms with Gasteiger partial charge in [-0.1, -0.05) is 37.3 Å². The van der Waals surface area contributed by atoms with Crippen LogP contribution in [0.4, 0.5) is 0 Å². The summed E-state index contributed by atoms with van der Waals surface area (Å²) in [4.78, 5) is 0. The van der Waals surface area contributed by atoms with Crippen LogP contribution in [-0.4, -0.2) is 31.5 Å². The van der Waals surface area contributed by atoms with E-state index in [-0.39, 0.29) is 12.7 Å². The monoisotopic (exact) mass is 251 g/mol. The maximum Gasteiger partial charge on any atom is 0.0688 e. The first-order valence-electron chi connectivity index (χ1n) is 6.65. The van der Waals surface area contributed by atoms with Crippen molar-refractivity contribution in [3.05, 3.63) is 35.9 Å². The molecule has 0 amide bonds. The van der Waals surface area contributed by atoms with Crippen LogP contribution in [0.1, 0.15) is 32.3 Å². The van der Waals surface area contributed by atoms with Crippen molar-refractivity contribution in [1.29, 1.82) is 0 Å². The average Bonchev–Trinajstić information content (AvgIpc) is 2.44. The summed E-state index contributed by atoms with van der Waals surface area (Å²) in [7, 11) is 1.88. The third-order valence-corrected chi connectivity index (χ3v) is 3.58. The van der Waals surface area contributed by atoms with Crippen LogP contribution in [0.2, 0.25) is 0 Å². The fourth-order valence-corrected chi connectivity index (χ4v) is 1.97. The number of benzene rings is 1. The predicted molar refractivity (Wildman–Crippen MR) is 74.6 cm³/mol. The van der Waals surface area contributed by atoms with Gasteiger partial charge in [0.25, 0.3) is 0 Å². The summed E-state index contributed by atoms with van der Waals surface area (Å²) in [6, 6.07) is 10.0. The molecule has 0 aliphatic heterocycles. The summed E-state index contributed by atoms with van der Waals surface area (Å²) in [5, 5.41) is 13.0. The van der Waals surface area contributed by atoms with Crippen molar-refractivity contribution in [3.63, 3.8) is 0 Å². The highest BCUT2D eigenvalue weighted by Gasteiger charge is 2.29. The number of hydrogen-bond donors (Lipinski definition) is 2. The molecule has 1 aromatic rings. The zero-order valence-corrected chi connectivity index (χ0v) is 11.6. The van der Waals surface area contributed by atoms with Crippen LogP contribution in [0.3, 0.4) is 0 Å². The first kappa shape index (κ1) is 15.2. The maximum atomic E-state index is 9.73. The number of likely N-dealkylation sites (N-methyl/N-ethyl adjacent to an activating group) is 1. The molecule has 1 aromatic carbocycles. The third kappa shape index (κ3) is 3.80. The van der Waals surface area contributed by atoms with Crippen LogP contribution in [0.15, 0.2) is 30.3 Å². The van der Waals surface area contributed by atoms with Gasteiger partial charge < -0.3 is 15.2 Å². The standard InChI is InChI=1S/C15H25NO2/c1-4-13(2)18-11-10-15(12-17,16-3)14-8-6-5-7-9-14/h5-9,13,16-17H,4,10-12H2,1-3H3. The van der Waals surface area contributed by atoms with Gasteiger partial charge in [-0.05, 0) is 32.4 Å². The molecular weight excluding hydrogens is 226 g/mol. The first-order valence-corrected chi connectivity index (χ1v) is 6.65. The molecule has 2 N–H and O–H groups in total. The highest BCUT2D eigenvalue weighted by molar-refractivity contribution is 5.24. The molecule has 0 aliphatic carbocycles. The van der Waals surface area contributed by atoms with Crippen LogP contribution in [0.5, 0.6) is 0 Å². The molecule has 1 rings (SSSR count). The average molecular weight is 251 g/mol. The molecule has 0 bridgehead atoms. The molecule has 0 aromatic heterocycles. The Hall–Kier alpha value is -0.900. The number of aliphatic hydroxyl groups is 1. The van der Waals surface area contributed by atoms with Crippen LogP contribution < -0.4 is 5.32 Å². The molecule has 102 valence electrons. The van der Waals surface area contributed by atoms with Gasteiger partial charge in [-0.2, -0.15) is 0 Å². The Bertz CT molecular complexity index is 323. The van der Waals surface area contributed by atoms with Crippen molar-refractivity contribution in [2.45, 2.75) is 38.3 Å². The Morgan fingerprint density at radius 3 is 2.50 bits per heavy atom. The highest BCUT2D eigenvalue weighted by atomic mass is 16.5. The Morgan fingerprint density at radius 2 is 2.00 bits per heavy atom. The van der Waals surface area contributed by atoms with Gasteiger partial charge in [-0.25, -0.2) is 0 Å². The van der Waals surface area contributed by atoms with E-state index in [1.807, 2.05) is 37.4 Å². The topological polar surface area (TPSA) is 41.5 Å². The normalized spacial score (nSPS) is 16.2. The van der Waals surface area contributed by atoms with Crippen LogP contribution >= 0.6 is 0 Å². The maximum absolute atomic E-state index is 9.73. The van der Waals surface area contributed by atoms with Crippen molar-refractivity contribution in [2.24, 2.45) is 0 Å². The summed E-state index contributed by atoms with van der Waals surface area (Å²) in [5.74, 6) is 0. The fourth-order valence-electron chi connectivity index (χ4n) is 1.97. The van der Waals surface area contributed by atoms with E-state index in [2.05, 4.69) is 19.2 Å². The van der Waals surface area contributed by atoms with Crippen molar-refractivity contribution in [3.8, 4) is 0 Å². The van der Waals surface area contributed by atoms with E-state index in [0.29, 0.717) is 6.61 Å². The third-order valence-electron chi connectivity index (χ3n) is 3.58. The van der Waals surface area contributed by atoms with Crippen LogP contribution in [0, 0.1) is 0 Å². The smallest absolute Gasteiger partial charge is 0.0688 e. The van der Waals surface area contributed by atoms with Gasteiger partial charge in [0.1, 0.15) is 0 Å². The summed E-state index contributed by atoms with van der Waals surface area (Å²) in [5.41, 5.74) is 0.692. The number of ether oxygens (including phenoxy) is 1. The van der Waals surface area contributed by atoms with E-state index in [4.69, 9.17) is 4.74 Å². The minimum Gasteiger partial charge on any atom is -0.394 e. The second kappa shape index (κ2) is 7.52. The Morgan fingerprint density at radius 1 is 1.33 bits per heavy atom. The van der Waals surface area contributed by atoms with E-state index in [0.717, 1.165) is 18.4 Å². The quantitative estimate of drug-likeness (QED) is 0.745. The molecule has 0 aliphatic rings. The second-order valence-corrected chi connectivity index (χ2v) is 4.70. The van der Waals surface area contributed by atoms with E-state index >= 15 is 0 Å². The van der Waals surface area contributed by atoms with Gasteiger partial charge >= 0.3 is 0 Å². The first-order chi connectivity index (χ1) is 8.68. The fraction of sp³-hybridized carbons (Fsp3) is 0.600. The molecule has 0 fully saturated rings. The molecule has 3 nitrogen and oxygen atoms in total. The summed E-state index contributed by atoms with van der Waals surface area (Å²) in [6.07, 6.45) is 2.04. The number of nitrogens with one attached hydrogen (secondary N) is 1. The van der Waals surface area contributed by atoms with E-state index in [9.17, 15) is 5.11 Å². The van der Waals surface area contributed by atoms with Crippen molar-refractivity contribution >= 4 is 0 Å². The van der Waals surface area contributed by atoms with Gasteiger partial charge in [0.2, 0.25) is 0 Å². The number of rotatable bonds is 8. The minimum absolute atomic E-state index is 0.0668. The zero-order valence-electron chi connectivity index (χ0n) is 11.6. The largest absolute Gasteiger partial charge is 0.394 e. The minimum atomic E-state index is -0.408. The molecule has 0 radical (unpaired) electrons. The van der Waals surface area contributed by atoms with Crippen molar-refractivity contribution in [2.75, 3.05) is 20.3 Å². The molecule has 0 saturated carbocycles. The molecule has 2 unspecified atom stereocenters. The summed E-state index contributed by atoms with van der Waals surface area (Å²) >= 11 is 0. The predicted octanol–water partition coefficient (Wildman–Crippen LogP) is 2.30. The summed E-state index contributed by atoms with van der Waals surface area (Å²) < 4.78 is 5.72. The molecule has 3 heteroatoms. The molecule has 18 heavy (non-hydrogen) atoms. The molecule has 0 spiro atoms. The lowest BCUT2D eigenvalue weighted by Gasteiger charge is -2.32. The van der Waals surface area contributed by atoms with Gasteiger partial charge in [0.15, 0.2) is 0 Å². The Kier molecular flexibility index (Phi) is 6.33. The highest BCUT2D eigenvalue weighted by Crippen LogP contribution is 2.24. The lowest BCUT2D eigenvalue weighted by atomic mass is 9.88. The van der Waals surface area contributed by atoms with Crippen LogP contribution in [0.25, 0.3) is 0 Å². The van der Waals surface area contributed by atoms with E-state index < -0.39 is 5.54 Å². The molecule has 2 atom stereocenters. The van der Waals surface area contributed by atoms with Gasteiger partial charge in [0.05, 0.1) is 18.2 Å². The summed E-state index contributed by atoms with van der Waals surface area (Å²) in [6.45, 7) is 4.89. The Balaban J connectivity index is 2.69. The van der Waals surface area contributed by atoms with Gasteiger partial charge in [0, 0.05) is 6.61 Å². The number of hydrogen-bond acceptors (Lipinski definition) is 3. The van der Waals surface area contributed by atoms with E-state index in [1.54, 1.807) is 0 Å². The lowest BCUT2D eigenvalue weighted by molar-refractivity contribution is 0.0360. The molecule has 0 heterocycles. The Labute approximate surface area is 110 Å². The number of aliphatic hydroxyl groups excluding tert-OH is 1. The van der Waals surface area contributed by atoms with Gasteiger partial charge in [-0.15, -0.1) is 0 Å². The van der Waals surface area contributed by atoms with Crippen LogP contribution in [-0.2, 0) is 10.3 Å². The van der Waals surface area contributed by atoms with Gasteiger partial charge in [-0.3, -0.25) is 0 Å². The molecule has 0 saturated heterocycles.